The molecule has 3 aromatic rings. The fraction of sp³-hybridized carbons (Fsp3) is 0.304. The third kappa shape index (κ3) is 2.98. The number of carbonyl (C=O) groups is 1. The van der Waals surface area contributed by atoms with Crippen LogP contribution in [-0.4, -0.2) is 46.1 Å². The number of nitrogens with zero attached hydrogens (tertiary/aromatic N) is 2. The van der Waals surface area contributed by atoms with E-state index in [1.54, 1.807) is 28.3 Å². The molecular formula is C23H23N2O6+. The number of amides is 1. The minimum absolute atomic E-state index is 0.204. The molecule has 0 saturated carbocycles. The minimum atomic E-state index is -0.460. The minimum Gasteiger partial charge on any atom is -0.493 e. The van der Waals surface area contributed by atoms with Crippen molar-refractivity contribution in [2.75, 3.05) is 35.1 Å². The number of hydrogen-bond acceptors (Lipinski definition) is 6. The van der Waals surface area contributed by atoms with E-state index in [1.165, 1.54) is 4.90 Å². The van der Waals surface area contributed by atoms with Crippen molar-refractivity contribution in [3.05, 3.63) is 36.0 Å². The van der Waals surface area contributed by atoms with Gasteiger partial charge in [0.25, 0.3) is 5.69 Å². The van der Waals surface area contributed by atoms with Crippen molar-refractivity contribution in [3.63, 3.8) is 0 Å². The highest BCUT2D eigenvalue weighted by molar-refractivity contribution is 5.99. The van der Waals surface area contributed by atoms with Crippen LogP contribution in [0.15, 0.2) is 30.5 Å². The molecule has 0 radical (unpaired) electrons. The molecule has 0 spiro atoms. The maximum absolute atomic E-state index is 12.6. The number of ether oxygens (including phenoxy) is 5. The quantitative estimate of drug-likeness (QED) is 0.603. The molecule has 5 rings (SSSR count). The lowest BCUT2D eigenvalue weighted by atomic mass is 9.94. The second kappa shape index (κ2) is 7.23. The topological polar surface area (TPSA) is 70.3 Å². The molecule has 31 heavy (non-hydrogen) atoms. The summed E-state index contributed by atoms with van der Waals surface area (Å²) in [5.74, 6) is 3.10. The van der Waals surface area contributed by atoms with Gasteiger partial charge in [0.2, 0.25) is 12.5 Å². The Balaban J connectivity index is 1.83. The largest absolute Gasteiger partial charge is 0.493 e. The van der Waals surface area contributed by atoms with Crippen LogP contribution >= 0.6 is 0 Å². The summed E-state index contributed by atoms with van der Waals surface area (Å²) in [4.78, 5) is 14.0. The van der Waals surface area contributed by atoms with Crippen molar-refractivity contribution in [1.29, 1.82) is 0 Å². The van der Waals surface area contributed by atoms with Gasteiger partial charge in [0, 0.05) is 25.9 Å². The molecule has 3 heterocycles. The van der Waals surface area contributed by atoms with Crippen LogP contribution in [0.5, 0.6) is 28.7 Å². The summed E-state index contributed by atoms with van der Waals surface area (Å²) in [5, 5.41) is 1.56. The maximum atomic E-state index is 12.6. The molecule has 0 unspecified atom stereocenters. The Labute approximate surface area is 179 Å². The fourth-order valence-corrected chi connectivity index (χ4v) is 4.14. The second-order valence-electron chi connectivity index (χ2n) is 7.64. The Hall–Kier alpha value is -3.68. The zero-order valence-corrected chi connectivity index (χ0v) is 17.9. The predicted octanol–water partition coefficient (Wildman–Crippen LogP) is 3.16. The summed E-state index contributed by atoms with van der Waals surface area (Å²) in [7, 11) is 6.51. The zero-order valence-electron chi connectivity index (χ0n) is 17.9. The van der Waals surface area contributed by atoms with Gasteiger partial charge in [-0.1, -0.05) is 0 Å². The molecule has 2 aromatic carbocycles. The summed E-state index contributed by atoms with van der Waals surface area (Å²) in [5.41, 5.74) is 2.88. The van der Waals surface area contributed by atoms with Crippen LogP contribution in [0.2, 0.25) is 0 Å². The molecule has 8 nitrogen and oxygen atoms in total. The van der Waals surface area contributed by atoms with E-state index in [1.807, 2.05) is 30.5 Å². The maximum Gasteiger partial charge on any atom is 0.414 e. The van der Waals surface area contributed by atoms with Gasteiger partial charge in [-0.15, -0.1) is 0 Å². The molecule has 8 heteroatoms. The van der Waals surface area contributed by atoms with Crippen molar-refractivity contribution in [2.24, 2.45) is 0 Å². The van der Waals surface area contributed by atoms with E-state index in [0.717, 1.165) is 39.8 Å². The predicted molar refractivity (Wildman–Crippen MR) is 112 cm³/mol. The van der Waals surface area contributed by atoms with Gasteiger partial charge in [-0.2, -0.15) is 4.57 Å². The van der Waals surface area contributed by atoms with Crippen molar-refractivity contribution in [1.82, 2.24) is 4.90 Å². The smallest absolute Gasteiger partial charge is 0.414 e. The molecule has 0 fully saturated rings. The van der Waals surface area contributed by atoms with E-state index >= 15 is 0 Å². The normalized spacial score (nSPS) is 13.4. The molecule has 1 amide bonds. The first kappa shape index (κ1) is 19.3. The zero-order chi connectivity index (χ0) is 21.7. The van der Waals surface area contributed by atoms with Crippen molar-refractivity contribution < 1.29 is 33.0 Å². The number of pyridine rings is 1. The molecule has 2 aliphatic heterocycles. The summed E-state index contributed by atoms with van der Waals surface area (Å²) in [6, 6.07) is 7.67. The number of fused-ring (bicyclic) bond motifs is 5. The molecule has 2 aliphatic rings. The van der Waals surface area contributed by atoms with Gasteiger partial charge in [0.05, 0.1) is 25.2 Å². The van der Waals surface area contributed by atoms with Gasteiger partial charge in [-0.3, -0.25) is 0 Å². The van der Waals surface area contributed by atoms with Gasteiger partial charge in [0.1, 0.15) is 0 Å². The van der Waals surface area contributed by atoms with Crippen LogP contribution in [0.3, 0.4) is 0 Å². The average molecular weight is 423 g/mol. The van der Waals surface area contributed by atoms with Crippen LogP contribution in [0.25, 0.3) is 22.0 Å². The van der Waals surface area contributed by atoms with Gasteiger partial charge >= 0.3 is 6.09 Å². The van der Waals surface area contributed by atoms with Crippen molar-refractivity contribution >= 4 is 16.9 Å². The lowest BCUT2D eigenvalue weighted by Crippen LogP contribution is -2.41. The lowest BCUT2D eigenvalue weighted by molar-refractivity contribution is -0.686. The van der Waals surface area contributed by atoms with Gasteiger partial charge in [0.15, 0.2) is 35.7 Å². The van der Waals surface area contributed by atoms with Crippen molar-refractivity contribution in [2.45, 2.75) is 13.0 Å². The Morgan fingerprint density at radius 1 is 1.03 bits per heavy atom. The number of benzene rings is 2. The van der Waals surface area contributed by atoms with E-state index in [-0.39, 0.29) is 6.79 Å². The first-order chi connectivity index (χ1) is 15.0. The highest BCUT2D eigenvalue weighted by Crippen LogP contribution is 2.46. The molecule has 1 aromatic heterocycles. The number of aromatic nitrogens is 1. The number of aryl methyl sites for hydroxylation is 2. The van der Waals surface area contributed by atoms with Crippen LogP contribution in [0.1, 0.15) is 5.56 Å². The number of methoxy groups -OCH3 is 2. The van der Waals surface area contributed by atoms with Gasteiger partial charge in [-0.25, -0.2) is 4.79 Å². The molecule has 0 saturated heterocycles. The number of rotatable bonds is 3. The monoisotopic (exact) mass is 423 g/mol. The molecule has 0 aliphatic carbocycles. The number of carbonyl (C=O) groups excluding carboxylic acids is 1. The average Bonchev–Trinajstić information content (AvgIpc) is 3.23. The van der Waals surface area contributed by atoms with Crippen LogP contribution in [0, 0.1) is 0 Å². The second-order valence-corrected chi connectivity index (χ2v) is 7.64. The van der Waals surface area contributed by atoms with E-state index in [4.69, 9.17) is 23.7 Å². The summed E-state index contributed by atoms with van der Waals surface area (Å²) in [6.45, 7) is 0.917. The summed E-state index contributed by atoms with van der Waals surface area (Å²) < 4.78 is 30.3. The Bertz CT molecular complexity index is 1220. The van der Waals surface area contributed by atoms with Gasteiger partial charge in [-0.05, 0) is 29.8 Å². The van der Waals surface area contributed by atoms with E-state index < -0.39 is 6.09 Å². The fourth-order valence-electron chi connectivity index (χ4n) is 4.14. The number of hydrogen-bond donors (Lipinski definition) is 0. The van der Waals surface area contributed by atoms with E-state index in [2.05, 4.69) is 4.57 Å². The van der Waals surface area contributed by atoms with Crippen LogP contribution < -0.4 is 28.3 Å². The molecule has 0 N–H and O–H groups in total. The third-order valence-corrected chi connectivity index (χ3v) is 5.65. The van der Waals surface area contributed by atoms with Crippen molar-refractivity contribution in [3.8, 4) is 40.0 Å². The van der Waals surface area contributed by atoms with Crippen LogP contribution in [-0.2, 0) is 13.0 Å². The SMILES string of the molecule is COc1ccc2c(OC(=O)N(C)C)c3[n+](cc2c1OC)CCc1cc2c(cc1-3)OCO2. The molecular weight excluding hydrogens is 400 g/mol. The first-order valence-corrected chi connectivity index (χ1v) is 9.95. The Morgan fingerprint density at radius 2 is 1.81 bits per heavy atom. The summed E-state index contributed by atoms with van der Waals surface area (Å²) in [6.07, 6.45) is 2.37. The Kier molecular flexibility index (Phi) is 4.50. The van der Waals surface area contributed by atoms with Gasteiger partial charge < -0.3 is 28.6 Å². The summed E-state index contributed by atoms with van der Waals surface area (Å²) >= 11 is 0. The lowest BCUT2D eigenvalue weighted by Gasteiger charge is -2.21. The standard InChI is InChI=1S/C23H23N2O6/c1-24(2)23(26)31-22-14-5-6-17(27-3)21(28-4)16(14)11-25-8-7-13-9-18-19(30-12-29-18)10-15(13)20(22)25/h5-6,9-11H,7-8,12H2,1-4H3/q+1. The van der Waals surface area contributed by atoms with E-state index in [0.29, 0.717) is 29.5 Å². The Morgan fingerprint density at radius 3 is 2.52 bits per heavy atom. The third-order valence-electron chi connectivity index (χ3n) is 5.65. The molecule has 0 atom stereocenters. The molecule has 0 bridgehead atoms. The highest BCUT2D eigenvalue weighted by Gasteiger charge is 2.34. The van der Waals surface area contributed by atoms with E-state index in [9.17, 15) is 4.79 Å². The first-order valence-electron chi connectivity index (χ1n) is 9.95. The highest BCUT2D eigenvalue weighted by atomic mass is 16.7. The molecule has 160 valence electrons. The van der Waals surface area contributed by atoms with Crippen LogP contribution in [0.4, 0.5) is 4.79 Å².